The van der Waals surface area contributed by atoms with Crippen molar-refractivity contribution in [3.8, 4) is 0 Å². The Kier molecular flexibility index (Phi) is 4.00. The molecule has 1 atom stereocenters. The lowest BCUT2D eigenvalue weighted by atomic mass is 10.1. The summed E-state index contributed by atoms with van der Waals surface area (Å²) in [5.41, 5.74) is 7.52. The van der Waals surface area contributed by atoms with Crippen molar-refractivity contribution < 1.29 is 0 Å². The third-order valence-electron chi connectivity index (χ3n) is 2.81. The molecule has 0 aliphatic heterocycles. The number of thiophene rings is 1. The molecule has 1 nitrogen and oxygen atoms in total. The second kappa shape index (κ2) is 5.28. The van der Waals surface area contributed by atoms with E-state index in [-0.39, 0.29) is 6.04 Å². The highest BCUT2D eigenvalue weighted by Gasteiger charge is 2.10. The van der Waals surface area contributed by atoms with Gasteiger partial charge < -0.3 is 5.73 Å². The zero-order valence-electron chi connectivity index (χ0n) is 8.71. The van der Waals surface area contributed by atoms with E-state index < -0.39 is 0 Å². The highest BCUT2D eigenvalue weighted by atomic mass is 79.9. The number of hydrogen-bond acceptors (Lipinski definition) is 2. The van der Waals surface area contributed by atoms with Crippen molar-refractivity contribution in [2.75, 3.05) is 0 Å². The van der Waals surface area contributed by atoms with Crippen molar-refractivity contribution in [2.24, 2.45) is 5.73 Å². The average molecular weight is 286 g/mol. The molecule has 1 heterocycles. The third kappa shape index (κ3) is 3.16. The van der Waals surface area contributed by atoms with Gasteiger partial charge >= 0.3 is 0 Å². The molecule has 2 N–H and O–H groups in total. The van der Waals surface area contributed by atoms with Crippen LogP contribution in [0, 0.1) is 0 Å². The molecule has 0 saturated carbocycles. The molecular formula is C12H16BrNS. The number of rotatable bonds is 2. The van der Waals surface area contributed by atoms with Gasteiger partial charge in [0.1, 0.15) is 0 Å². The number of halogens is 1. The predicted molar refractivity (Wildman–Crippen MR) is 70.2 cm³/mol. The lowest BCUT2D eigenvalue weighted by Crippen LogP contribution is -2.16. The quantitative estimate of drug-likeness (QED) is 0.820. The van der Waals surface area contributed by atoms with Crippen LogP contribution in [-0.2, 0) is 6.42 Å². The van der Waals surface area contributed by atoms with Gasteiger partial charge in [0.2, 0.25) is 0 Å². The van der Waals surface area contributed by atoms with Gasteiger partial charge in [-0.25, -0.2) is 0 Å². The molecule has 3 heteroatoms. The van der Waals surface area contributed by atoms with Crippen LogP contribution in [0.5, 0.6) is 0 Å². The standard InChI is InChI=1S/C12H16BrNS/c13-11-5-6-15-12(11)8-9-3-1-2-4-10(14)7-9/h5-7,10H,1-4,8,14H2. The Morgan fingerprint density at radius 3 is 3.07 bits per heavy atom. The van der Waals surface area contributed by atoms with Crippen LogP contribution in [0.25, 0.3) is 0 Å². The molecule has 0 bridgehead atoms. The van der Waals surface area contributed by atoms with Gasteiger partial charge in [0, 0.05) is 21.8 Å². The smallest absolute Gasteiger partial charge is 0.0317 e. The van der Waals surface area contributed by atoms with Crippen LogP contribution in [0.2, 0.25) is 0 Å². The summed E-state index contributed by atoms with van der Waals surface area (Å²) in [6.45, 7) is 0. The van der Waals surface area contributed by atoms with Crippen LogP contribution in [-0.4, -0.2) is 6.04 Å². The highest BCUT2D eigenvalue weighted by molar-refractivity contribution is 9.10. The summed E-state index contributed by atoms with van der Waals surface area (Å²) in [5, 5.41) is 2.14. The van der Waals surface area contributed by atoms with Crippen molar-refractivity contribution in [1.29, 1.82) is 0 Å². The summed E-state index contributed by atoms with van der Waals surface area (Å²) in [5.74, 6) is 0. The topological polar surface area (TPSA) is 26.0 Å². The SMILES string of the molecule is NC1C=C(Cc2sccc2Br)CCCC1. The average Bonchev–Trinajstić information content (AvgIpc) is 2.48. The van der Waals surface area contributed by atoms with Gasteiger partial charge in [0.05, 0.1) is 0 Å². The van der Waals surface area contributed by atoms with Gasteiger partial charge in [-0.05, 0) is 46.6 Å². The van der Waals surface area contributed by atoms with Gasteiger partial charge in [-0.15, -0.1) is 11.3 Å². The normalized spacial score (nSPS) is 22.3. The summed E-state index contributed by atoms with van der Waals surface area (Å²) < 4.78 is 1.24. The van der Waals surface area contributed by atoms with E-state index in [1.807, 2.05) is 11.3 Å². The van der Waals surface area contributed by atoms with E-state index >= 15 is 0 Å². The van der Waals surface area contributed by atoms with Gasteiger partial charge in [0.25, 0.3) is 0 Å². The second-order valence-electron chi connectivity index (χ2n) is 4.10. The van der Waals surface area contributed by atoms with Crippen molar-refractivity contribution in [3.05, 3.63) is 32.4 Å². The number of hydrogen-bond donors (Lipinski definition) is 1. The zero-order chi connectivity index (χ0) is 10.7. The molecule has 2 rings (SSSR count). The Labute approximate surface area is 104 Å². The summed E-state index contributed by atoms with van der Waals surface area (Å²) in [6.07, 6.45) is 8.29. The van der Waals surface area contributed by atoms with E-state index in [4.69, 9.17) is 5.73 Å². The van der Waals surface area contributed by atoms with E-state index in [1.54, 1.807) is 0 Å². The lowest BCUT2D eigenvalue weighted by Gasteiger charge is -2.05. The van der Waals surface area contributed by atoms with Crippen LogP contribution in [0.1, 0.15) is 30.6 Å². The van der Waals surface area contributed by atoms with Crippen molar-refractivity contribution >= 4 is 27.3 Å². The van der Waals surface area contributed by atoms with E-state index in [2.05, 4.69) is 33.5 Å². The summed E-state index contributed by atoms with van der Waals surface area (Å²) >= 11 is 5.40. The van der Waals surface area contributed by atoms with Crippen LogP contribution < -0.4 is 5.73 Å². The first-order valence-corrected chi connectivity index (χ1v) is 7.10. The van der Waals surface area contributed by atoms with Crippen molar-refractivity contribution in [1.82, 2.24) is 0 Å². The Hall–Kier alpha value is -0.120. The van der Waals surface area contributed by atoms with E-state index in [0.29, 0.717) is 0 Å². The molecule has 82 valence electrons. The maximum absolute atomic E-state index is 6.01. The van der Waals surface area contributed by atoms with Gasteiger partial charge in [-0.3, -0.25) is 0 Å². The lowest BCUT2D eigenvalue weighted by molar-refractivity contribution is 0.654. The first-order chi connectivity index (χ1) is 7.25. The largest absolute Gasteiger partial charge is 0.324 e. The maximum atomic E-state index is 6.01. The molecule has 1 aromatic rings. The summed E-state index contributed by atoms with van der Waals surface area (Å²) in [6, 6.07) is 2.40. The molecule has 0 spiro atoms. The van der Waals surface area contributed by atoms with E-state index in [1.165, 1.54) is 34.2 Å². The number of allylic oxidation sites excluding steroid dienone is 1. The molecule has 1 aliphatic carbocycles. The third-order valence-corrected chi connectivity index (χ3v) is 4.74. The Morgan fingerprint density at radius 1 is 1.47 bits per heavy atom. The van der Waals surface area contributed by atoms with E-state index in [0.717, 1.165) is 12.8 Å². The number of nitrogens with two attached hydrogens (primary N) is 1. The summed E-state index contributed by atoms with van der Waals surface area (Å²) in [4.78, 5) is 1.43. The zero-order valence-corrected chi connectivity index (χ0v) is 11.1. The van der Waals surface area contributed by atoms with E-state index in [9.17, 15) is 0 Å². The fourth-order valence-electron chi connectivity index (χ4n) is 2.01. The molecular weight excluding hydrogens is 270 g/mol. The van der Waals surface area contributed by atoms with Crippen molar-refractivity contribution in [3.63, 3.8) is 0 Å². The minimum absolute atomic E-state index is 0.279. The molecule has 0 saturated heterocycles. The molecule has 1 aliphatic rings. The maximum Gasteiger partial charge on any atom is 0.0317 e. The minimum atomic E-state index is 0.279. The van der Waals surface area contributed by atoms with Crippen LogP contribution in [0.4, 0.5) is 0 Å². The molecule has 0 aromatic carbocycles. The Bertz CT molecular complexity index is 356. The predicted octanol–water partition coefficient (Wildman–Crippen LogP) is 3.88. The fraction of sp³-hybridized carbons (Fsp3) is 0.500. The molecule has 15 heavy (non-hydrogen) atoms. The molecule has 0 radical (unpaired) electrons. The van der Waals surface area contributed by atoms with Crippen LogP contribution in [0.15, 0.2) is 27.6 Å². The van der Waals surface area contributed by atoms with Crippen molar-refractivity contribution in [2.45, 2.75) is 38.1 Å². The minimum Gasteiger partial charge on any atom is -0.324 e. The Balaban J connectivity index is 2.07. The molecule has 0 fully saturated rings. The van der Waals surface area contributed by atoms with Gasteiger partial charge in [-0.2, -0.15) is 0 Å². The summed E-state index contributed by atoms with van der Waals surface area (Å²) in [7, 11) is 0. The molecule has 1 unspecified atom stereocenters. The molecule has 0 amide bonds. The van der Waals surface area contributed by atoms with Crippen LogP contribution in [0.3, 0.4) is 0 Å². The first kappa shape index (κ1) is 11.4. The van der Waals surface area contributed by atoms with Crippen LogP contribution >= 0.6 is 27.3 Å². The Morgan fingerprint density at radius 2 is 2.33 bits per heavy atom. The first-order valence-electron chi connectivity index (χ1n) is 5.43. The second-order valence-corrected chi connectivity index (χ2v) is 5.96. The molecule has 1 aromatic heterocycles. The monoisotopic (exact) mass is 285 g/mol. The van der Waals surface area contributed by atoms with Gasteiger partial charge in [-0.1, -0.05) is 18.1 Å². The highest BCUT2D eigenvalue weighted by Crippen LogP contribution is 2.28. The fourth-order valence-corrected chi connectivity index (χ4v) is 3.55. The van der Waals surface area contributed by atoms with Gasteiger partial charge in [0.15, 0.2) is 0 Å².